The van der Waals surface area contributed by atoms with E-state index in [-0.39, 0.29) is 15.6 Å². The van der Waals surface area contributed by atoms with Gasteiger partial charge in [-0.1, -0.05) is 30.3 Å². The van der Waals surface area contributed by atoms with Crippen LogP contribution in [0.15, 0.2) is 76.5 Å². The monoisotopic (exact) mass is 401 g/mol. The first-order chi connectivity index (χ1) is 13.3. The van der Waals surface area contributed by atoms with Gasteiger partial charge in [-0.15, -0.1) is 0 Å². The number of nitrogens with one attached hydrogen (secondary N) is 1. The number of rotatable bonds is 4. The van der Waals surface area contributed by atoms with E-state index in [1.807, 2.05) is 0 Å². The second-order valence-corrected chi connectivity index (χ2v) is 8.19. The van der Waals surface area contributed by atoms with E-state index in [2.05, 4.69) is 5.32 Å². The van der Waals surface area contributed by atoms with E-state index < -0.39 is 27.8 Å². The van der Waals surface area contributed by atoms with Gasteiger partial charge in [0, 0.05) is 7.05 Å². The summed E-state index contributed by atoms with van der Waals surface area (Å²) in [6, 6.07) is 14.0. The van der Waals surface area contributed by atoms with E-state index in [0.29, 0.717) is 5.56 Å². The SMILES string of the molecule is CNC(=O)O[C@H]1C=CC(=O)[C@](C)(c2ccc(S(=O)(=O)c3ccccc3)cc2)O1. The number of amides is 1. The summed E-state index contributed by atoms with van der Waals surface area (Å²) in [7, 11) is -2.26. The van der Waals surface area contributed by atoms with Crippen LogP contribution in [-0.4, -0.2) is 33.6 Å². The van der Waals surface area contributed by atoms with Crippen LogP contribution in [0.3, 0.4) is 0 Å². The number of hydrogen-bond acceptors (Lipinski definition) is 6. The molecule has 2 aromatic carbocycles. The van der Waals surface area contributed by atoms with Crippen molar-refractivity contribution < 1.29 is 27.5 Å². The highest BCUT2D eigenvalue weighted by Gasteiger charge is 2.40. The minimum Gasteiger partial charge on any atom is -0.416 e. The van der Waals surface area contributed by atoms with Crippen molar-refractivity contribution in [3.8, 4) is 0 Å². The molecule has 0 saturated carbocycles. The van der Waals surface area contributed by atoms with Gasteiger partial charge in [0.15, 0.2) is 11.4 Å². The number of alkyl carbamates (subject to hydrolysis) is 1. The summed E-state index contributed by atoms with van der Waals surface area (Å²) in [6.45, 7) is 1.54. The standard InChI is InChI=1S/C20H19NO6S/c1-20(17(22)12-13-18(27-20)26-19(23)21-2)14-8-10-16(11-9-14)28(24,25)15-6-4-3-5-7-15/h3-13,18H,1-2H3,(H,21,23)/t18-,20+/m1/s1. The highest BCUT2D eigenvalue weighted by Crippen LogP contribution is 2.33. The lowest BCUT2D eigenvalue weighted by Crippen LogP contribution is -2.43. The number of carbonyl (C=O) groups excluding carboxylic acids is 2. The van der Waals surface area contributed by atoms with Crippen molar-refractivity contribution in [2.45, 2.75) is 28.6 Å². The molecular formula is C20H19NO6S. The number of hydrogen-bond donors (Lipinski definition) is 1. The van der Waals surface area contributed by atoms with Crippen LogP contribution in [0.5, 0.6) is 0 Å². The maximum atomic E-state index is 12.7. The molecule has 0 aromatic heterocycles. The summed E-state index contributed by atoms with van der Waals surface area (Å²) in [5.41, 5.74) is -0.970. The number of sulfone groups is 1. The van der Waals surface area contributed by atoms with E-state index in [4.69, 9.17) is 9.47 Å². The maximum Gasteiger partial charge on any atom is 0.409 e. The van der Waals surface area contributed by atoms with Crippen LogP contribution >= 0.6 is 0 Å². The molecule has 1 amide bonds. The second kappa shape index (κ2) is 7.57. The summed E-state index contributed by atoms with van der Waals surface area (Å²) >= 11 is 0. The van der Waals surface area contributed by atoms with Crippen LogP contribution in [0.1, 0.15) is 12.5 Å². The average Bonchev–Trinajstić information content (AvgIpc) is 2.71. The largest absolute Gasteiger partial charge is 0.416 e. The molecule has 2 atom stereocenters. The molecule has 2 aromatic rings. The number of benzene rings is 2. The van der Waals surface area contributed by atoms with Gasteiger partial charge < -0.3 is 14.8 Å². The van der Waals surface area contributed by atoms with Gasteiger partial charge in [-0.2, -0.15) is 0 Å². The van der Waals surface area contributed by atoms with Gasteiger partial charge in [0.05, 0.1) is 9.79 Å². The van der Waals surface area contributed by atoms with E-state index >= 15 is 0 Å². The maximum absolute atomic E-state index is 12.7. The molecule has 8 heteroatoms. The molecule has 28 heavy (non-hydrogen) atoms. The quantitative estimate of drug-likeness (QED) is 0.845. The van der Waals surface area contributed by atoms with Crippen LogP contribution in [0, 0.1) is 0 Å². The Labute approximate surface area is 162 Å². The van der Waals surface area contributed by atoms with E-state index in [9.17, 15) is 18.0 Å². The molecule has 3 rings (SSSR count). The zero-order valence-corrected chi connectivity index (χ0v) is 16.1. The van der Waals surface area contributed by atoms with Crippen LogP contribution in [-0.2, 0) is 29.7 Å². The summed E-state index contributed by atoms with van der Waals surface area (Å²) < 4.78 is 36.1. The number of carbonyl (C=O) groups is 2. The molecule has 0 spiro atoms. The van der Waals surface area contributed by atoms with Gasteiger partial charge in [-0.05, 0) is 48.9 Å². The molecule has 1 heterocycles. The first-order valence-electron chi connectivity index (χ1n) is 8.47. The topological polar surface area (TPSA) is 98.8 Å². The zero-order chi connectivity index (χ0) is 20.4. The highest BCUT2D eigenvalue weighted by molar-refractivity contribution is 7.91. The molecule has 0 radical (unpaired) electrons. The smallest absolute Gasteiger partial charge is 0.409 e. The molecule has 0 fully saturated rings. The van der Waals surface area contributed by atoms with Gasteiger partial charge in [0.25, 0.3) is 0 Å². The Morgan fingerprint density at radius 3 is 2.29 bits per heavy atom. The van der Waals surface area contributed by atoms with Crippen molar-refractivity contribution >= 4 is 21.7 Å². The van der Waals surface area contributed by atoms with Crippen LogP contribution in [0.25, 0.3) is 0 Å². The molecule has 0 unspecified atom stereocenters. The van der Waals surface area contributed by atoms with E-state index in [0.717, 1.165) is 0 Å². The molecule has 0 saturated heterocycles. The molecule has 1 N–H and O–H groups in total. The third kappa shape index (κ3) is 3.69. The summed E-state index contributed by atoms with van der Waals surface area (Å²) in [4.78, 5) is 24.1. The lowest BCUT2D eigenvalue weighted by Gasteiger charge is -2.33. The predicted octanol–water partition coefficient (Wildman–Crippen LogP) is 2.57. The molecule has 146 valence electrons. The third-order valence-corrected chi connectivity index (χ3v) is 6.21. The Balaban J connectivity index is 1.89. The highest BCUT2D eigenvalue weighted by atomic mass is 32.2. The van der Waals surface area contributed by atoms with Gasteiger partial charge in [0.2, 0.25) is 16.1 Å². The number of ether oxygens (including phenoxy) is 2. The van der Waals surface area contributed by atoms with Crippen molar-refractivity contribution in [1.82, 2.24) is 5.32 Å². The molecule has 1 aliphatic rings. The molecular weight excluding hydrogens is 382 g/mol. The van der Waals surface area contributed by atoms with Gasteiger partial charge in [-0.3, -0.25) is 4.79 Å². The van der Waals surface area contributed by atoms with Crippen LogP contribution in [0.4, 0.5) is 4.79 Å². The molecule has 0 aliphatic carbocycles. The minimum absolute atomic E-state index is 0.100. The van der Waals surface area contributed by atoms with Crippen molar-refractivity contribution in [2.75, 3.05) is 7.05 Å². The molecule has 7 nitrogen and oxygen atoms in total. The first-order valence-corrected chi connectivity index (χ1v) is 9.95. The Kier molecular flexibility index (Phi) is 5.35. The van der Waals surface area contributed by atoms with Crippen LogP contribution < -0.4 is 5.32 Å². The molecule has 0 bridgehead atoms. The lowest BCUT2D eigenvalue weighted by molar-refractivity contribution is -0.177. The summed E-state index contributed by atoms with van der Waals surface area (Å²) in [6.07, 6.45) is 0.880. The van der Waals surface area contributed by atoms with Crippen molar-refractivity contribution in [2.24, 2.45) is 0 Å². The fraction of sp³-hybridized carbons (Fsp3) is 0.200. The van der Waals surface area contributed by atoms with E-state index in [1.54, 1.807) is 25.1 Å². The van der Waals surface area contributed by atoms with Gasteiger partial charge in [-0.25, -0.2) is 13.2 Å². The predicted molar refractivity (Wildman–Crippen MR) is 100 cm³/mol. The summed E-state index contributed by atoms with van der Waals surface area (Å²) in [5, 5.41) is 2.30. The van der Waals surface area contributed by atoms with Crippen molar-refractivity contribution in [3.63, 3.8) is 0 Å². The van der Waals surface area contributed by atoms with Crippen molar-refractivity contribution in [3.05, 3.63) is 72.3 Å². The first kappa shape index (κ1) is 19.8. The second-order valence-electron chi connectivity index (χ2n) is 6.24. The summed E-state index contributed by atoms with van der Waals surface area (Å²) in [5.74, 6) is -0.345. The minimum atomic E-state index is -3.67. The molecule has 1 aliphatic heterocycles. The fourth-order valence-electron chi connectivity index (χ4n) is 2.78. The zero-order valence-electron chi connectivity index (χ0n) is 15.3. The fourth-order valence-corrected chi connectivity index (χ4v) is 4.06. The Hall–Kier alpha value is -2.97. The number of ketones is 1. The van der Waals surface area contributed by atoms with E-state index in [1.165, 1.54) is 55.6 Å². The average molecular weight is 401 g/mol. The van der Waals surface area contributed by atoms with Gasteiger partial charge in [0.1, 0.15) is 0 Å². The van der Waals surface area contributed by atoms with Crippen LogP contribution in [0.2, 0.25) is 0 Å². The Morgan fingerprint density at radius 2 is 1.68 bits per heavy atom. The normalized spacial score (nSPS) is 21.9. The van der Waals surface area contributed by atoms with Gasteiger partial charge >= 0.3 is 6.09 Å². The van der Waals surface area contributed by atoms with Crippen molar-refractivity contribution in [1.29, 1.82) is 0 Å². The third-order valence-electron chi connectivity index (χ3n) is 4.42. The Morgan fingerprint density at radius 1 is 1.07 bits per heavy atom. The Bertz CT molecular complexity index is 1010. The lowest BCUT2D eigenvalue weighted by atomic mass is 9.89.